The molecule has 4 rings (SSSR count). The Morgan fingerprint density at radius 2 is 1.94 bits per heavy atom. The molecule has 1 unspecified atom stereocenters. The van der Waals surface area contributed by atoms with Gasteiger partial charge >= 0.3 is 0 Å². The molecule has 1 fully saturated rings. The lowest BCUT2D eigenvalue weighted by molar-refractivity contribution is 0.0950. The quantitative estimate of drug-likeness (QED) is 0.502. The molecule has 0 aliphatic carbocycles. The van der Waals surface area contributed by atoms with E-state index >= 15 is 0 Å². The number of ether oxygens (including phenoxy) is 2. The fourth-order valence-corrected chi connectivity index (χ4v) is 4.32. The third kappa shape index (κ3) is 5.82. The predicted molar refractivity (Wildman–Crippen MR) is 131 cm³/mol. The van der Waals surface area contributed by atoms with E-state index in [2.05, 4.69) is 36.1 Å². The lowest BCUT2D eigenvalue weighted by Crippen LogP contribution is -2.42. The first-order valence-electron chi connectivity index (χ1n) is 10.9. The zero-order valence-corrected chi connectivity index (χ0v) is 20.3. The number of hydrogen-bond donors (Lipinski definition) is 1. The van der Waals surface area contributed by atoms with Crippen molar-refractivity contribution in [3.63, 3.8) is 0 Å². The number of methoxy groups -OCH3 is 1. The van der Waals surface area contributed by atoms with E-state index in [1.54, 1.807) is 19.5 Å². The highest BCUT2D eigenvalue weighted by Gasteiger charge is 2.24. The van der Waals surface area contributed by atoms with Gasteiger partial charge in [0.05, 0.1) is 19.2 Å². The van der Waals surface area contributed by atoms with Crippen molar-refractivity contribution in [1.82, 2.24) is 15.3 Å². The Hall–Kier alpha value is -3.13. The highest BCUT2D eigenvalue weighted by Crippen LogP contribution is 2.29. The Labute approximate surface area is 202 Å². The van der Waals surface area contributed by atoms with E-state index in [4.69, 9.17) is 9.47 Å². The number of carbonyl (C=O) groups is 1. The number of benzene rings is 2. The number of aromatic nitrogens is 2. The van der Waals surface area contributed by atoms with Crippen LogP contribution in [0, 0.1) is 6.92 Å². The van der Waals surface area contributed by atoms with Crippen molar-refractivity contribution in [2.75, 3.05) is 25.1 Å². The second-order valence-corrected chi connectivity index (χ2v) is 8.92. The van der Waals surface area contributed by atoms with Crippen molar-refractivity contribution in [3.8, 4) is 11.5 Å². The van der Waals surface area contributed by atoms with Crippen LogP contribution in [0.15, 0.2) is 59.3 Å². The molecule has 2 aromatic carbocycles. The van der Waals surface area contributed by atoms with Crippen LogP contribution in [-0.2, 0) is 6.54 Å². The summed E-state index contributed by atoms with van der Waals surface area (Å²) in [6, 6.07) is 13.7. The van der Waals surface area contributed by atoms with E-state index in [0.29, 0.717) is 24.6 Å². The molecule has 1 aliphatic rings. The summed E-state index contributed by atoms with van der Waals surface area (Å²) in [4.78, 5) is 23.5. The smallest absolute Gasteiger partial charge is 0.254 e. The fraction of sp³-hybridized carbons (Fsp3) is 0.320. The van der Waals surface area contributed by atoms with Crippen molar-refractivity contribution < 1.29 is 14.3 Å². The second-order valence-electron chi connectivity index (χ2n) is 8.00. The van der Waals surface area contributed by atoms with E-state index in [0.717, 1.165) is 46.5 Å². The van der Waals surface area contributed by atoms with Crippen LogP contribution < -0.4 is 19.7 Å². The minimum atomic E-state index is -0.195. The van der Waals surface area contributed by atoms with Gasteiger partial charge in [0.2, 0.25) is 5.95 Å². The Balaban J connectivity index is 1.35. The van der Waals surface area contributed by atoms with Gasteiger partial charge in [0.1, 0.15) is 6.10 Å². The number of nitrogens with one attached hydrogen (secondary N) is 1. The molecule has 7 nitrogen and oxygen atoms in total. The van der Waals surface area contributed by atoms with Gasteiger partial charge in [0.15, 0.2) is 11.5 Å². The predicted octanol–water partition coefficient (Wildman–Crippen LogP) is 4.53. The van der Waals surface area contributed by atoms with Crippen LogP contribution in [0.3, 0.4) is 0 Å². The zero-order valence-electron chi connectivity index (χ0n) is 18.8. The largest absolute Gasteiger partial charge is 0.493 e. The van der Waals surface area contributed by atoms with Crippen LogP contribution in [0.1, 0.15) is 34.3 Å². The number of rotatable bonds is 7. The highest BCUT2D eigenvalue weighted by molar-refractivity contribution is 9.10. The van der Waals surface area contributed by atoms with Crippen LogP contribution in [0.2, 0.25) is 0 Å². The van der Waals surface area contributed by atoms with Crippen LogP contribution in [0.5, 0.6) is 11.5 Å². The summed E-state index contributed by atoms with van der Waals surface area (Å²) in [5.74, 6) is 1.86. The molecular weight excluding hydrogens is 484 g/mol. The van der Waals surface area contributed by atoms with Crippen molar-refractivity contribution in [1.29, 1.82) is 0 Å². The van der Waals surface area contributed by atoms with Crippen molar-refractivity contribution in [3.05, 3.63) is 76.0 Å². The van der Waals surface area contributed by atoms with E-state index < -0.39 is 0 Å². The third-order valence-corrected chi connectivity index (χ3v) is 6.16. The summed E-state index contributed by atoms with van der Waals surface area (Å²) in [7, 11) is 1.64. The lowest BCUT2D eigenvalue weighted by Gasteiger charge is -2.33. The first kappa shape index (κ1) is 23.0. The molecule has 1 aromatic heterocycles. The summed E-state index contributed by atoms with van der Waals surface area (Å²) < 4.78 is 12.6. The Morgan fingerprint density at radius 3 is 2.67 bits per heavy atom. The Morgan fingerprint density at radius 1 is 1.18 bits per heavy atom. The SMILES string of the molecule is COc1ccccc1OC1CCCN(c2ncc(C(=O)NCc3ccc(Br)cc3C)cn2)C1. The average molecular weight is 511 g/mol. The number of hydrogen-bond acceptors (Lipinski definition) is 6. The molecule has 1 aliphatic heterocycles. The molecule has 0 saturated carbocycles. The topological polar surface area (TPSA) is 76.6 Å². The van der Waals surface area contributed by atoms with E-state index in [1.807, 2.05) is 49.4 Å². The Bertz CT molecular complexity index is 1110. The summed E-state index contributed by atoms with van der Waals surface area (Å²) in [6.45, 7) is 3.99. The molecule has 2 heterocycles. The minimum Gasteiger partial charge on any atom is -0.493 e. The maximum atomic E-state index is 12.6. The maximum Gasteiger partial charge on any atom is 0.254 e. The first-order chi connectivity index (χ1) is 16.0. The average Bonchev–Trinajstić information content (AvgIpc) is 2.84. The van der Waals surface area contributed by atoms with Crippen molar-refractivity contribution in [2.24, 2.45) is 0 Å². The van der Waals surface area contributed by atoms with Gasteiger partial charge in [-0.05, 0) is 55.2 Å². The summed E-state index contributed by atoms with van der Waals surface area (Å²) in [5.41, 5.74) is 2.62. The first-order valence-corrected chi connectivity index (χ1v) is 11.7. The van der Waals surface area contributed by atoms with Crippen LogP contribution >= 0.6 is 15.9 Å². The van der Waals surface area contributed by atoms with Gasteiger partial charge in [-0.25, -0.2) is 9.97 Å². The molecular formula is C25H27BrN4O3. The molecule has 172 valence electrons. The lowest BCUT2D eigenvalue weighted by atomic mass is 10.1. The minimum absolute atomic E-state index is 0.00998. The highest BCUT2D eigenvalue weighted by atomic mass is 79.9. The monoisotopic (exact) mass is 510 g/mol. The number of halogens is 1. The summed E-state index contributed by atoms with van der Waals surface area (Å²) >= 11 is 3.46. The number of amides is 1. The number of nitrogens with zero attached hydrogens (tertiary/aromatic N) is 3. The zero-order chi connectivity index (χ0) is 23.2. The number of piperidine rings is 1. The van der Waals surface area contributed by atoms with Crippen LogP contribution in [-0.4, -0.2) is 42.2 Å². The van der Waals surface area contributed by atoms with Crippen LogP contribution in [0.4, 0.5) is 5.95 Å². The van der Waals surface area contributed by atoms with Gasteiger partial charge in [0.25, 0.3) is 5.91 Å². The van der Waals surface area contributed by atoms with Crippen molar-refractivity contribution >= 4 is 27.8 Å². The number of aryl methyl sites for hydroxylation is 1. The van der Waals surface area contributed by atoms with Crippen LogP contribution in [0.25, 0.3) is 0 Å². The van der Waals surface area contributed by atoms with E-state index in [1.165, 1.54) is 0 Å². The summed E-state index contributed by atoms with van der Waals surface area (Å²) in [6.07, 6.45) is 5.09. The molecule has 1 saturated heterocycles. The number of para-hydroxylation sites is 2. The molecule has 33 heavy (non-hydrogen) atoms. The molecule has 1 N–H and O–H groups in total. The Kier molecular flexibility index (Phi) is 7.44. The molecule has 1 atom stereocenters. The van der Waals surface area contributed by atoms with E-state index in [9.17, 15) is 4.79 Å². The fourth-order valence-electron chi connectivity index (χ4n) is 3.85. The van der Waals surface area contributed by atoms with Gasteiger partial charge in [-0.3, -0.25) is 4.79 Å². The van der Waals surface area contributed by atoms with Crippen molar-refractivity contribution in [2.45, 2.75) is 32.4 Å². The number of anilines is 1. The standard InChI is InChI=1S/C25H27BrN4O3/c1-17-12-20(26)10-9-18(17)13-27-24(31)19-14-28-25(29-15-19)30-11-5-6-21(16-30)33-23-8-4-3-7-22(23)32-2/h3-4,7-10,12,14-15,21H,5-6,11,13,16H2,1-2H3,(H,27,31). The van der Waals surface area contributed by atoms with Gasteiger partial charge in [0, 0.05) is 30.0 Å². The van der Waals surface area contributed by atoms with Gasteiger partial charge in [-0.15, -0.1) is 0 Å². The molecule has 1 amide bonds. The second kappa shape index (κ2) is 10.7. The molecule has 0 radical (unpaired) electrons. The maximum absolute atomic E-state index is 12.6. The van der Waals surface area contributed by atoms with Gasteiger partial charge in [-0.1, -0.05) is 34.1 Å². The summed E-state index contributed by atoms with van der Waals surface area (Å²) in [5, 5.41) is 2.94. The normalized spacial score (nSPS) is 15.7. The molecule has 8 heteroatoms. The third-order valence-electron chi connectivity index (χ3n) is 5.67. The molecule has 0 bridgehead atoms. The van der Waals surface area contributed by atoms with Gasteiger partial charge in [-0.2, -0.15) is 0 Å². The molecule has 0 spiro atoms. The molecule has 3 aromatic rings. The van der Waals surface area contributed by atoms with Gasteiger partial charge < -0.3 is 19.7 Å². The van der Waals surface area contributed by atoms with E-state index in [-0.39, 0.29) is 12.0 Å². The number of carbonyl (C=O) groups excluding carboxylic acids is 1.